The van der Waals surface area contributed by atoms with Crippen molar-refractivity contribution in [2.24, 2.45) is 5.41 Å². The lowest BCUT2D eigenvalue weighted by Gasteiger charge is -2.09. The molecule has 1 fully saturated rings. The van der Waals surface area contributed by atoms with Crippen molar-refractivity contribution in [1.82, 2.24) is 0 Å². The van der Waals surface area contributed by atoms with Crippen LogP contribution in [0.4, 0.5) is 0 Å². The number of rotatable bonds is 2. The Kier molecular flexibility index (Phi) is 2.43. The van der Waals surface area contributed by atoms with Crippen LogP contribution in [-0.2, 0) is 9.53 Å². The zero-order valence-corrected chi connectivity index (χ0v) is 10.1. The fourth-order valence-corrected chi connectivity index (χ4v) is 3.24. The van der Waals surface area contributed by atoms with E-state index < -0.39 is 5.41 Å². The Morgan fingerprint density at radius 2 is 2.08 bits per heavy atom. The molecule has 0 aromatic heterocycles. The molecular weight excluding hydrogens is 288 g/mol. The van der Waals surface area contributed by atoms with Crippen molar-refractivity contribution in [1.29, 1.82) is 0 Å². The molecule has 1 saturated carbocycles. The topological polar surface area (TPSA) is 26.3 Å². The van der Waals surface area contributed by atoms with Gasteiger partial charge in [0.2, 0.25) is 0 Å². The first kappa shape index (κ1) is 10.3. The number of carbonyl (C=O) groups is 1. The minimum atomic E-state index is -0.485. The third-order valence-corrected chi connectivity index (χ3v) is 6.26. The lowest BCUT2D eigenvalue weighted by atomic mass is 10.1. The third-order valence-electron chi connectivity index (χ3n) is 2.53. The van der Waals surface area contributed by atoms with Gasteiger partial charge in [-0.15, -0.1) is 0 Å². The van der Waals surface area contributed by atoms with Crippen molar-refractivity contribution in [3.8, 4) is 0 Å². The van der Waals surface area contributed by atoms with Gasteiger partial charge in [-0.1, -0.05) is 38.4 Å². The molecule has 1 aliphatic rings. The van der Waals surface area contributed by atoms with Crippen molar-refractivity contribution >= 4 is 37.8 Å². The molecule has 0 saturated heterocycles. The number of ether oxygens (including phenoxy) is 1. The fourth-order valence-electron chi connectivity index (χ4n) is 1.20. The summed E-state index contributed by atoms with van der Waals surface area (Å²) in [6.45, 7) is 7.15. The molecule has 1 rings (SSSR count). The average Bonchev–Trinajstić information content (AvgIpc) is 2.37. The van der Waals surface area contributed by atoms with E-state index >= 15 is 0 Å². The van der Waals surface area contributed by atoms with Crippen LogP contribution in [0.1, 0.15) is 13.8 Å². The van der Waals surface area contributed by atoms with E-state index in [0.29, 0.717) is 0 Å². The summed E-state index contributed by atoms with van der Waals surface area (Å²) in [6, 6.07) is 0. The minimum Gasteiger partial charge on any atom is -0.435 e. The van der Waals surface area contributed by atoms with Gasteiger partial charge in [-0.3, -0.25) is 4.79 Å². The maximum Gasteiger partial charge on any atom is 0.319 e. The van der Waals surface area contributed by atoms with E-state index in [1.54, 1.807) is 0 Å². The molecule has 0 aromatic carbocycles. The molecule has 3 atom stereocenters. The van der Waals surface area contributed by atoms with Crippen LogP contribution in [-0.4, -0.2) is 15.1 Å². The molecule has 0 spiro atoms. The number of alkyl halides is 2. The van der Waals surface area contributed by atoms with Crippen molar-refractivity contribution < 1.29 is 9.53 Å². The molecule has 2 nitrogen and oxygen atoms in total. The van der Waals surface area contributed by atoms with Gasteiger partial charge in [0.25, 0.3) is 0 Å². The van der Waals surface area contributed by atoms with Crippen LogP contribution in [0, 0.1) is 5.41 Å². The number of esters is 1. The molecule has 4 heteroatoms. The Labute approximate surface area is 88.6 Å². The maximum atomic E-state index is 11.4. The van der Waals surface area contributed by atoms with Gasteiger partial charge in [-0.25, -0.2) is 0 Å². The predicted octanol–water partition coefficient (Wildman–Crippen LogP) is 2.61. The zero-order valence-electron chi connectivity index (χ0n) is 6.93. The maximum absolute atomic E-state index is 11.4. The zero-order chi connectivity index (χ0) is 9.57. The summed E-state index contributed by atoms with van der Waals surface area (Å²) in [5.74, 6) is -0.251. The third kappa shape index (κ3) is 1.08. The highest BCUT2D eigenvalue weighted by Gasteiger charge is 2.74. The van der Waals surface area contributed by atoms with Crippen molar-refractivity contribution in [3.05, 3.63) is 12.8 Å². The molecule has 1 aliphatic carbocycles. The SMILES string of the molecule is C=COC(=O)C1(C)C(Br)C1(C)Br. The van der Waals surface area contributed by atoms with E-state index in [1.165, 1.54) is 0 Å². The first-order valence-corrected chi connectivity index (χ1v) is 5.25. The first-order valence-electron chi connectivity index (χ1n) is 3.54. The standard InChI is InChI=1S/C8H10Br2O2/c1-4-12-6(11)7(2)5(9)8(7,3)10/h4-5H,1H2,2-3H3. The number of halogens is 2. The summed E-state index contributed by atoms with van der Waals surface area (Å²) in [7, 11) is 0. The van der Waals surface area contributed by atoms with E-state index in [9.17, 15) is 4.79 Å². The first-order chi connectivity index (χ1) is 5.39. The number of hydrogen-bond donors (Lipinski definition) is 0. The Bertz CT molecular complexity index is 237. The molecule has 68 valence electrons. The van der Waals surface area contributed by atoms with Gasteiger partial charge in [0.05, 0.1) is 16.0 Å². The van der Waals surface area contributed by atoms with Gasteiger partial charge in [-0.2, -0.15) is 0 Å². The summed E-state index contributed by atoms with van der Waals surface area (Å²) in [6.07, 6.45) is 1.16. The lowest BCUT2D eigenvalue weighted by Crippen LogP contribution is -2.20. The Balaban J connectivity index is 2.77. The van der Waals surface area contributed by atoms with E-state index in [-0.39, 0.29) is 15.1 Å². The highest BCUT2D eigenvalue weighted by atomic mass is 79.9. The molecule has 0 radical (unpaired) electrons. The van der Waals surface area contributed by atoms with E-state index in [1.807, 2.05) is 13.8 Å². The fraction of sp³-hybridized carbons (Fsp3) is 0.625. The average molecular weight is 298 g/mol. The van der Waals surface area contributed by atoms with Gasteiger partial charge in [0.1, 0.15) is 0 Å². The summed E-state index contributed by atoms with van der Waals surface area (Å²) in [4.78, 5) is 11.5. The second-order valence-corrected chi connectivity index (χ2v) is 5.78. The highest BCUT2D eigenvalue weighted by Crippen LogP contribution is 2.66. The van der Waals surface area contributed by atoms with Crippen LogP contribution >= 0.6 is 31.9 Å². The molecule has 0 aromatic rings. The Morgan fingerprint density at radius 3 is 2.33 bits per heavy atom. The van der Waals surface area contributed by atoms with Crippen LogP contribution in [0.25, 0.3) is 0 Å². The van der Waals surface area contributed by atoms with Crippen molar-refractivity contribution in [2.75, 3.05) is 0 Å². The molecule has 0 bridgehead atoms. The van der Waals surface area contributed by atoms with Crippen LogP contribution in [0.2, 0.25) is 0 Å². The second-order valence-electron chi connectivity index (χ2n) is 3.21. The van der Waals surface area contributed by atoms with Crippen LogP contribution in [0.3, 0.4) is 0 Å². The molecule has 0 aliphatic heterocycles. The quantitative estimate of drug-likeness (QED) is 0.445. The molecule has 0 amide bonds. The molecular formula is C8H10Br2O2. The van der Waals surface area contributed by atoms with Gasteiger partial charge < -0.3 is 4.74 Å². The van der Waals surface area contributed by atoms with Gasteiger partial charge in [0.15, 0.2) is 0 Å². The summed E-state index contributed by atoms with van der Waals surface area (Å²) < 4.78 is 4.53. The van der Waals surface area contributed by atoms with Crippen molar-refractivity contribution in [2.45, 2.75) is 23.0 Å². The predicted molar refractivity (Wildman–Crippen MR) is 54.4 cm³/mol. The smallest absolute Gasteiger partial charge is 0.319 e. The number of carbonyl (C=O) groups excluding carboxylic acids is 1. The normalized spacial score (nSPS) is 45.2. The molecule has 3 unspecified atom stereocenters. The van der Waals surface area contributed by atoms with Gasteiger partial charge in [0, 0.05) is 4.83 Å². The summed E-state index contributed by atoms with van der Waals surface area (Å²) in [5, 5.41) is 0. The van der Waals surface area contributed by atoms with E-state index in [0.717, 1.165) is 6.26 Å². The highest BCUT2D eigenvalue weighted by molar-refractivity contribution is 9.13. The van der Waals surface area contributed by atoms with Crippen molar-refractivity contribution in [3.63, 3.8) is 0 Å². The molecule has 12 heavy (non-hydrogen) atoms. The summed E-state index contributed by atoms with van der Waals surface area (Å²) in [5.41, 5.74) is -0.485. The second kappa shape index (κ2) is 2.84. The molecule has 0 heterocycles. The molecule has 0 N–H and O–H groups in total. The van der Waals surface area contributed by atoms with Gasteiger partial charge >= 0.3 is 5.97 Å². The van der Waals surface area contributed by atoms with Gasteiger partial charge in [-0.05, 0) is 13.8 Å². The van der Waals surface area contributed by atoms with Crippen LogP contribution < -0.4 is 0 Å². The van der Waals surface area contributed by atoms with Crippen LogP contribution in [0.5, 0.6) is 0 Å². The largest absolute Gasteiger partial charge is 0.435 e. The minimum absolute atomic E-state index is 0.116. The number of hydrogen-bond acceptors (Lipinski definition) is 2. The van der Waals surface area contributed by atoms with E-state index in [2.05, 4.69) is 38.4 Å². The summed E-state index contributed by atoms with van der Waals surface area (Å²) >= 11 is 6.88. The monoisotopic (exact) mass is 296 g/mol. The van der Waals surface area contributed by atoms with E-state index in [4.69, 9.17) is 4.74 Å². The Hall–Kier alpha value is 0.170. The lowest BCUT2D eigenvalue weighted by molar-refractivity contribution is -0.143. The Morgan fingerprint density at radius 1 is 1.67 bits per heavy atom. The van der Waals surface area contributed by atoms with Crippen LogP contribution in [0.15, 0.2) is 12.8 Å².